The van der Waals surface area contributed by atoms with E-state index in [1.807, 2.05) is 13.0 Å². The number of esters is 1. The maximum Gasteiger partial charge on any atom is 0.319 e. The highest BCUT2D eigenvalue weighted by Crippen LogP contribution is 2.19. The molecule has 0 spiro atoms. The van der Waals surface area contributed by atoms with Gasteiger partial charge in [-0.2, -0.15) is 0 Å². The van der Waals surface area contributed by atoms with Crippen molar-refractivity contribution in [2.45, 2.75) is 6.92 Å². The predicted octanol–water partition coefficient (Wildman–Crippen LogP) is 1.69. The van der Waals surface area contributed by atoms with Crippen LogP contribution in [-0.4, -0.2) is 44.0 Å². The number of aryl methyl sites for hydroxylation is 1. The van der Waals surface area contributed by atoms with Gasteiger partial charge in [-0.25, -0.2) is 0 Å². The molecule has 5 nitrogen and oxygen atoms in total. The highest BCUT2D eigenvalue weighted by atomic mass is 35.5. The van der Waals surface area contributed by atoms with Gasteiger partial charge >= 0.3 is 5.97 Å². The Hall–Kier alpha value is -1.59. The van der Waals surface area contributed by atoms with Crippen molar-refractivity contribution in [1.82, 2.24) is 4.90 Å². The summed E-state index contributed by atoms with van der Waals surface area (Å²) < 4.78 is 4.52. The van der Waals surface area contributed by atoms with Gasteiger partial charge in [-0.15, -0.1) is 0 Å². The molecule has 0 saturated heterocycles. The molecule has 1 rings (SSSR count). The van der Waals surface area contributed by atoms with Crippen LogP contribution < -0.4 is 5.32 Å². The average molecular weight is 285 g/mol. The molecular weight excluding hydrogens is 268 g/mol. The summed E-state index contributed by atoms with van der Waals surface area (Å²) in [5, 5.41) is 3.31. The van der Waals surface area contributed by atoms with E-state index in [9.17, 15) is 9.59 Å². The molecule has 0 heterocycles. The molecule has 0 saturated carbocycles. The molecule has 1 aromatic rings. The molecule has 1 N–H and O–H groups in total. The van der Waals surface area contributed by atoms with Gasteiger partial charge in [-0.05, 0) is 31.7 Å². The molecule has 0 fully saturated rings. The Morgan fingerprint density at radius 1 is 1.37 bits per heavy atom. The van der Waals surface area contributed by atoms with Gasteiger partial charge in [0.25, 0.3) is 0 Å². The number of benzene rings is 1. The van der Waals surface area contributed by atoms with Gasteiger partial charge < -0.3 is 10.1 Å². The molecule has 0 atom stereocenters. The lowest BCUT2D eigenvalue weighted by Gasteiger charge is -2.14. The summed E-state index contributed by atoms with van der Waals surface area (Å²) in [4.78, 5) is 24.3. The SMILES string of the molecule is COC(=O)CN(C)CC(=O)Nc1ccc(C)c(Cl)c1. The Morgan fingerprint density at radius 2 is 2.05 bits per heavy atom. The fraction of sp³-hybridized carbons (Fsp3) is 0.385. The third-order valence-corrected chi connectivity index (χ3v) is 2.90. The highest BCUT2D eigenvalue weighted by Gasteiger charge is 2.11. The quantitative estimate of drug-likeness (QED) is 0.836. The Labute approximate surface area is 117 Å². The molecule has 6 heteroatoms. The summed E-state index contributed by atoms with van der Waals surface area (Å²) in [7, 11) is 2.98. The fourth-order valence-electron chi connectivity index (χ4n) is 1.46. The number of halogens is 1. The van der Waals surface area contributed by atoms with Gasteiger partial charge in [0.2, 0.25) is 5.91 Å². The molecule has 1 amide bonds. The molecule has 1 aromatic carbocycles. The van der Waals surface area contributed by atoms with Crippen molar-refractivity contribution in [3.05, 3.63) is 28.8 Å². The second kappa shape index (κ2) is 7.11. The van der Waals surface area contributed by atoms with E-state index in [0.29, 0.717) is 10.7 Å². The van der Waals surface area contributed by atoms with Gasteiger partial charge in [-0.1, -0.05) is 17.7 Å². The summed E-state index contributed by atoms with van der Waals surface area (Å²) in [5.41, 5.74) is 1.58. The van der Waals surface area contributed by atoms with E-state index in [1.54, 1.807) is 24.1 Å². The lowest BCUT2D eigenvalue weighted by molar-refractivity contribution is -0.141. The van der Waals surface area contributed by atoms with Crippen LogP contribution in [0.5, 0.6) is 0 Å². The number of likely N-dealkylation sites (N-methyl/N-ethyl adjacent to an activating group) is 1. The molecule has 0 aliphatic carbocycles. The number of ether oxygens (including phenoxy) is 1. The molecule has 0 bridgehead atoms. The van der Waals surface area contributed by atoms with Gasteiger partial charge in [0, 0.05) is 10.7 Å². The van der Waals surface area contributed by atoms with Crippen molar-refractivity contribution in [3.63, 3.8) is 0 Å². The van der Waals surface area contributed by atoms with E-state index in [0.717, 1.165) is 5.56 Å². The summed E-state index contributed by atoms with van der Waals surface area (Å²) >= 11 is 5.97. The third-order valence-electron chi connectivity index (χ3n) is 2.50. The zero-order valence-electron chi connectivity index (χ0n) is 11.2. The van der Waals surface area contributed by atoms with E-state index in [2.05, 4.69) is 10.1 Å². The lowest BCUT2D eigenvalue weighted by Crippen LogP contribution is -2.34. The molecule has 0 aliphatic rings. The van der Waals surface area contributed by atoms with Crippen molar-refractivity contribution in [2.75, 3.05) is 32.6 Å². The number of carbonyl (C=O) groups is 2. The van der Waals surface area contributed by atoms with Crippen molar-refractivity contribution in [2.24, 2.45) is 0 Å². The van der Waals surface area contributed by atoms with Crippen LogP contribution in [0.15, 0.2) is 18.2 Å². The second-order valence-corrected chi connectivity index (χ2v) is 4.67. The summed E-state index contributed by atoms with van der Waals surface area (Å²) in [6.45, 7) is 2.05. The maximum absolute atomic E-state index is 11.7. The van der Waals surface area contributed by atoms with Gasteiger partial charge in [0.15, 0.2) is 0 Å². The van der Waals surface area contributed by atoms with E-state index >= 15 is 0 Å². The first-order valence-corrected chi connectivity index (χ1v) is 6.11. The van der Waals surface area contributed by atoms with E-state index in [4.69, 9.17) is 11.6 Å². The standard InChI is InChI=1S/C13H17ClN2O3/c1-9-4-5-10(6-11(9)14)15-12(17)7-16(2)8-13(18)19-3/h4-6H,7-8H2,1-3H3,(H,15,17). The highest BCUT2D eigenvalue weighted by molar-refractivity contribution is 6.31. The number of nitrogens with one attached hydrogen (secondary N) is 1. The average Bonchev–Trinajstić information content (AvgIpc) is 2.33. The smallest absolute Gasteiger partial charge is 0.319 e. The molecule has 0 aromatic heterocycles. The minimum Gasteiger partial charge on any atom is -0.468 e. The van der Waals surface area contributed by atoms with Crippen LogP contribution in [0.3, 0.4) is 0 Å². The Kier molecular flexibility index (Phi) is 5.79. The van der Waals surface area contributed by atoms with Crippen molar-refractivity contribution < 1.29 is 14.3 Å². The van der Waals surface area contributed by atoms with Gasteiger partial charge in [0.1, 0.15) is 0 Å². The summed E-state index contributed by atoms with van der Waals surface area (Å²) in [6, 6.07) is 5.30. The second-order valence-electron chi connectivity index (χ2n) is 4.26. The Morgan fingerprint density at radius 3 is 2.63 bits per heavy atom. The zero-order valence-corrected chi connectivity index (χ0v) is 12.0. The minimum absolute atomic E-state index is 0.0680. The van der Waals surface area contributed by atoms with Crippen LogP contribution >= 0.6 is 11.6 Å². The fourth-order valence-corrected chi connectivity index (χ4v) is 1.64. The number of hydrogen-bond donors (Lipinski definition) is 1. The van der Waals surface area contributed by atoms with E-state index in [1.165, 1.54) is 7.11 Å². The summed E-state index contributed by atoms with van der Waals surface area (Å²) in [5.74, 6) is -0.597. The minimum atomic E-state index is -0.381. The van der Waals surface area contributed by atoms with Crippen LogP contribution in [0, 0.1) is 6.92 Å². The first kappa shape index (κ1) is 15.5. The van der Waals surface area contributed by atoms with Crippen molar-refractivity contribution in [3.8, 4) is 0 Å². The van der Waals surface area contributed by atoms with Gasteiger partial charge in [-0.3, -0.25) is 14.5 Å². The number of methoxy groups -OCH3 is 1. The molecule has 19 heavy (non-hydrogen) atoms. The van der Waals surface area contributed by atoms with Crippen molar-refractivity contribution in [1.29, 1.82) is 0 Å². The van der Waals surface area contributed by atoms with Crippen LogP contribution in [0.2, 0.25) is 5.02 Å². The molecule has 0 aliphatic heterocycles. The Balaban J connectivity index is 2.50. The van der Waals surface area contributed by atoms with Crippen LogP contribution in [-0.2, 0) is 14.3 Å². The number of hydrogen-bond acceptors (Lipinski definition) is 4. The Bertz CT molecular complexity index is 477. The van der Waals surface area contributed by atoms with Crippen LogP contribution in [0.1, 0.15) is 5.56 Å². The molecular formula is C13H17ClN2O3. The number of anilines is 1. The van der Waals surface area contributed by atoms with Crippen molar-refractivity contribution >= 4 is 29.2 Å². The summed E-state index contributed by atoms with van der Waals surface area (Å²) in [6.07, 6.45) is 0. The first-order chi connectivity index (χ1) is 8.92. The molecule has 0 radical (unpaired) electrons. The molecule has 104 valence electrons. The largest absolute Gasteiger partial charge is 0.468 e. The van der Waals surface area contributed by atoms with E-state index < -0.39 is 0 Å². The van der Waals surface area contributed by atoms with E-state index in [-0.39, 0.29) is 25.0 Å². The normalized spacial score (nSPS) is 10.4. The molecule has 0 unspecified atom stereocenters. The maximum atomic E-state index is 11.7. The van der Waals surface area contributed by atoms with Crippen LogP contribution in [0.4, 0.5) is 5.69 Å². The number of carbonyl (C=O) groups excluding carboxylic acids is 2. The lowest BCUT2D eigenvalue weighted by atomic mass is 10.2. The number of amides is 1. The third kappa shape index (κ3) is 5.28. The zero-order chi connectivity index (χ0) is 14.4. The number of rotatable bonds is 5. The number of nitrogens with zero attached hydrogens (tertiary/aromatic N) is 1. The first-order valence-electron chi connectivity index (χ1n) is 5.73. The monoisotopic (exact) mass is 284 g/mol. The van der Waals surface area contributed by atoms with Crippen LogP contribution in [0.25, 0.3) is 0 Å². The predicted molar refractivity (Wildman–Crippen MR) is 74.3 cm³/mol. The topological polar surface area (TPSA) is 58.6 Å². The van der Waals surface area contributed by atoms with Gasteiger partial charge in [0.05, 0.1) is 20.2 Å².